The predicted octanol–water partition coefficient (Wildman–Crippen LogP) is 15.4. The number of esters is 3. The van der Waals surface area contributed by atoms with Gasteiger partial charge in [0.25, 0.3) is 0 Å². The maximum absolute atomic E-state index is 12.7. The van der Waals surface area contributed by atoms with Gasteiger partial charge in [-0.25, -0.2) is 0 Å². The lowest BCUT2D eigenvalue weighted by Gasteiger charge is -2.18. The molecule has 0 rings (SSSR count). The monoisotopic (exact) mass is 779 g/mol. The van der Waals surface area contributed by atoms with Gasteiger partial charge < -0.3 is 14.2 Å². The van der Waals surface area contributed by atoms with Gasteiger partial charge in [0, 0.05) is 19.3 Å². The van der Waals surface area contributed by atoms with Crippen molar-refractivity contribution in [2.24, 2.45) is 11.8 Å². The Morgan fingerprint density at radius 1 is 0.345 bits per heavy atom. The van der Waals surface area contributed by atoms with E-state index >= 15 is 0 Å². The van der Waals surface area contributed by atoms with Crippen LogP contribution in [0.25, 0.3) is 0 Å². The Kier molecular flexibility index (Phi) is 40.8. The van der Waals surface area contributed by atoms with Crippen LogP contribution in [0.4, 0.5) is 0 Å². The van der Waals surface area contributed by atoms with Crippen molar-refractivity contribution in [2.75, 3.05) is 13.2 Å². The summed E-state index contributed by atoms with van der Waals surface area (Å²) in [5.74, 6) is 0.696. The molecule has 55 heavy (non-hydrogen) atoms. The maximum atomic E-state index is 12.7. The number of carbonyl (C=O) groups is 3. The van der Waals surface area contributed by atoms with E-state index in [9.17, 15) is 14.4 Å². The van der Waals surface area contributed by atoms with E-state index in [1.807, 2.05) is 0 Å². The Balaban J connectivity index is 4.25. The number of rotatable bonds is 43. The minimum absolute atomic E-state index is 0.0655. The van der Waals surface area contributed by atoms with Crippen LogP contribution in [0.2, 0.25) is 0 Å². The van der Waals surface area contributed by atoms with Gasteiger partial charge >= 0.3 is 17.9 Å². The molecule has 0 aliphatic heterocycles. The van der Waals surface area contributed by atoms with Gasteiger partial charge in [0.1, 0.15) is 13.2 Å². The minimum atomic E-state index is -0.761. The van der Waals surface area contributed by atoms with Gasteiger partial charge in [-0.1, -0.05) is 227 Å². The molecule has 0 aliphatic rings. The van der Waals surface area contributed by atoms with E-state index in [0.717, 1.165) is 69.6 Å². The molecule has 326 valence electrons. The fourth-order valence-electron chi connectivity index (χ4n) is 7.28. The van der Waals surface area contributed by atoms with E-state index < -0.39 is 6.10 Å². The van der Waals surface area contributed by atoms with Crippen molar-refractivity contribution in [3.63, 3.8) is 0 Å². The largest absolute Gasteiger partial charge is 0.462 e. The zero-order valence-corrected chi connectivity index (χ0v) is 37.6. The Labute approximate surface area is 342 Å². The Morgan fingerprint density at radius 2 is 0.600 bits per heavy atom. The van der Waals surface area contributed by atoms with Crippen molar-refractivity contribution in [3.8, 4) is 0 Å². The highest BCUT2D eigenvalue weighted by Gasteiger charge is 2.19. The van der Waals surface area contributed by atoms with Crippen LogP contribution in [0.3, 0.4) is 0 Å². The third-order valence-electron chi connectivity index (χ3n) is 11.0. The molecular formula is C49H94O6. The molecule has 0 radical (unpaired) electrons. The molecule has 0 aromatic carbocycles. The second-order valence-electron chi connectivity index (χ2n) is 17.7. The normalized spacial score (nSPS) is 12.1. The highest BCUT2D eigenvalue weighted by atomic mass is 16.6. The second-order valence-corrected chi connectivity index (χ2v) is 17.7. The van der Waals surface area contributed by atoms with Crippen molar-refractivity contribution >= 4 is 17.9 Å². The van der Waals surface area contributed by atoms with Crippen LogP contribution >= 0.6 is 0 Å². The first-order valence-corrected chi connectivity index (χ1v) is 24.2. The average molecular weight is 779 g/mol. The third-order valence-corrected chi connectivity index (χ3v) is 11.0. The highest BCUT2D eigenvalue weighted by molar-refractivity contribution is 5.71. The molecule has 0 amide bonds. The molecule has 6 nitrogen and oxygen atoms in total. The topological polar surface area (TPSA) is 78.9 Å². The van der Waals surface area contributed by atoms with Crippen molar-refractivity contribution in [1.29, 1.82) is 0 Å². The van der Waals surface area contributed by atoms with Crippen LogP contribution in [-0.2, 0) is 28.6 Å². The van der Waals surface area contributed by atoms with Crippen LogP contribution < -0.4 is 0 Å². The Morgan fingerprint density at radius 3 is 0.891 bits per heavy atom. The van der Waals surface area contributed by atoms with Gasteiger partial charge in [0.15, 0.2) is 6.10 Å². The predicted molar refractivity (Wildman–Crippen MR) is 233 cm³/mol. The average Bonchev–Trinajstić information content (AvgIpc) is 3.15. The van der Waals surface area contributed by atoms with E-state index in [0.29, 0.717) is 19.3 Å². The van der Waals surface area contributed by atoms with Crippen molar-refractivity contribution in [3.05, 3.63) is 0 Å². The molecule has 0 unspecified atom stereocenters. The first-order chi connectivity index (χ1) is 26.7. The third kappa shape index (κ3) is 43.4. The van der Waals surface area contributed by atoms with E-state index in [2.05, 4.69) is 34.6 Å². The summed E-state index contributed by atoms with van der Waals surface area (Å²) in [5.41, 5.74) is 0. The molecule has 6 heteroatoms. The summed E-state index contributed by atoms with van der Waals surface area (Å²) in [4.78, 5) is 37.7. The van der Waals surface area contributed by atoms with Crippen molar-refractivity contribution in [1.82, 2.24) is 0 Å². The summed E-state index contributed by atoms with van der Waals surface area (Å²) in [6.45, 7) is 11.3. The number of hydrogen-bond acceptors (Lipinski definition) is 6. The van der Waals surface area contributed by atoms with Gasteiger partial charge in [-0.2, -0.15) is 0 Å². The van der Waals surface area contributed by atoms with E-state index in [1.54, 1.807) is 0 Å². The summed E-state index contributed by atoms with van der Waals surface area (Å²) < 4.78 is 16.7. The Hall–Kier alpha value is -1.59. The van der Waals surface area contributed by atoms with E-state index in [4.69, 9.17) is 14.2 Å². The molecule has 0 bridgehead atoms. The van der Waals surface area contributed by atoms with Crippen LogP contribution in [0.1, 0.15) is 266 Å². The number of ether oxygens (including phenoxy) is 3. The maximum Gasteiger partial charge on any atom is 0.306 e. The zero-order chi connectivity index (χ0) is 40.5. The molecule has 0 aromatic rings. The first kappa shape index (κ1) is 53.4. The van der Waals surface area contributed by atoms with Crippen LogP contribution in [0.15, 0.2) is 0 Å². The van der Waals surface area contributed by atoms with Gasteiger partial charge in [-0.15, -0.1) is 0 Å². The molecule has 0 saturated heterocycles. The highest BCUT2D eigenvalue weighted by Crippen LogP contribution is 2.17. The standard InChI is InChI=1S/C49H94O6/c1-6-7-8-9-10-11-12-13-14-15-16-17-18-19-23-29-34-39-47(50)53-42-46(43-54-48(51)40-35-30-26-25-28-33-38-45(4)5)55-49(52)41-36-31-24-21-20-22-27-32-37-44(2)3/h44-46H,6-43H2,1-5H3/t46-/m1/s1. The first-order valence-electron chi connectivity index (χ1n) is 24.2. The fourth-order valence-corrected chi connectivity index (χ4v) is 7.28. The lowest BCUT2D eigenvalue weighted by atomic mass is 10.0. The lowest BCUT2D eigenvalue weighted by Crippen LogP contribution is -2.30. The number of carbonyl (C=O) groups excluding carboxylic acids is 3. The molecule has 0 heterocycles. The molecule has 0 spiro atoms. The fraction of sp³-hybridized carbons (Fsp3) is 0.939. The second kappa shape index (κ2) is 42.0. The number of unbranched alkanes of at least 4 members (excludes halogenated alkanes) is 28. The molecule has 0 fully saturated rings. The zero-order valence-electron chi connectivity index (χ0n) is 37.6. The van der Waals surface area contributed by atoms with Crippen LogP contribution in [-0.4, -0.2) is 37.2 Å². The van der Waals surface area contributed by atoms with E-state index in [-0.39, 0.29) is 31.1 Å². The van der Waals surface area contributed by atoms with Gasteiger partial charge in [-0.05, 0) is 31.1 Å². The molecule has 0 aliphatic carbocycles. The summed E-state index contributed by atoms with van der Waals surface area (Å²) in [5, 5.41) is 0. The molecular weight excluding hydrogens is 685 g/mol. The van der Waals surface area contributed by atoms with Gasteiger partial charge in [-0.3, -0.25) is 14.4 Å². The SMILES string of the molecule is CCCCCCCCCCCCCCCCCCCC(=O)OC[C@H](COC(=O)CCCCCCCCC(C)C)OC(=O)CCCCCCCCCCC(C)C. The smallest absolute Gasteiger partial charge is 0.306 e. The van der Waals surface area contributed by atoms with Crippen molar-refractivity contribution < 1.29 is 28.6 Å². The molecule has 1 atom stereocenters. The Bertz CT molecular complexity index is 839. The lowest BCUT2D eigenvalue weighted by molar-refractivity contribution is -0.167. The van der Waals surface area contributed by atoms with Crippen LogP contribution in [0.5, 0.6) is 0 Å². The summed E-state index contributed by atoms with van der Waals surface area (Å²) >= 11 is 0. The van der Waals surface area contributed by atoms with Crippen molar-refractivity contribution in [2.45, 2.75) is 272 Å². The van der Waals surface area contributed by atoms with Gasteiger partial charge in [0.05, 0.1) is 0 Å². The summed E-state index contributed by atoms with van der Waals surface area (Å²) in [6.07, 6.45) is 41.1. The van der Waals surface area contributed by atoms with Crippen LogP contribution in [0, 0.1) is 11.8 Å². The molecule has 0 saturated carbocycles. The van der Waals surface area contributed by atoms with E-state index in [1.165, 1.54) is 154 Å². The van der Waals surface area contributed by atoms with Gasteiger partial charge in [0.2, 0.25) is 0 Å². The number of hydrogen-bond donors (Lipinski definition) is 0. The quantitative estimate of drug-likeness (QED) is 0.0348. The summed E-state index contributed by atoms with van der Waals surface area (Å²) in [7, 11) is 0. The summed E-state index contributed by atoms with van der Waals surface area (Å²) in [6, 6.07) is 0. The molecule has 0 aromatic heterocycles. The minimum Gasteiger partial charge on any atom is -0.462 e. The molecule has 0 N–H and O–H groups in total.